The molecule has 0 aliphatic carbocycles. The first-order chi connectivity index (χ1) is 9.00. The van der Waals surface area contributed by atoms with Crippen LogP contribution >= 0.6 is 0 Å². The standard InChI is InChI=1S/C13H15N2O4/c1-15-10(13(18)19)7-9(12(16)17)14-11(15)8-5-3-2-4-6-8/h2-7,12-13,16-19H,1H3/q+1. The molecular weight excluding hydrogens is 248 g/mol. The van der Waals surface area contributed by atoms with Crippen LogP contribution in [0.1, 0.15) is 24.0 Å². The van der Waals surface area contributed by atoms with Gasteiger partial charge >= 0.3 is 5.82 Å². The van der Waals surface area contributed by atoms with Crippen molar-refractivity contribution in [3.63, 3.8) is 0 Å². The Morgan fingerprint density at radius 3 is 2.16 bits per heavy atom. The van der Waals surface area contributed by atoms with E-state index in [0.717, 1.165) is 5.56 Å². The molecule has 0 saturated heterocycles. The zero-order chi connectivity index (χ0) is 14.0. The van der Waals surface area contributed by atoms with E-state index in [9.17, 15) is 20.4 Å². The van der Waals surface area contributed by atoms with Gasteiger partial charge in [0.25, 0.3) is 0 Å². The van der Waals surface area contributed by atoms with Crippen molar-refractivity contribution < 1.29 is 25.0 Å². The summed E-state index contributed by atoms with van der Waals surface area (Å²) in [6.45, 7) is 0. The zero-order valence-corrected chi connectivity index (χ0v) is 10.3. The number of rotatable bonds is 3. The van der Waals surface area contributed by atoms with Crippen molar-refractivity contribution in [3.8, 4) is 11.4 Å². The summed E-state index contributed by atoms with van der Waals surface area (Å²) in [5.41, 5.74) is 0.811. The molecule has 0 aliphatic rings. The summed E-state index contributed by atoms with van der Waals surface area (Å²) in [5, 5.41) is 37.1. The molecule has 1 heterocycles. The fourth-order valence-electron chi connectivity index (χ4n) is 1.83. The maximum Gasteiger partial charge on any atom is 0.330 e. The van der Waals surface area contributed by atoms with Crippen LogP contribution in [0.15, 0.2) is 36.4 Å². The van der Waals surface area contributed by atoms with Crippen LogP contribution in [0.5, 0.6) is 0 Å². The van der Waals surface area contributed by atoms with Crippen LogP contribution in [0.4, 0.5) is 0 Å². The molecule has 6 heteroatoms. The number of nitrogens with zero attached hydrogens (tertiary/aromatic N) is 2. The number of hydrogen-bond acceptors (Lipinski definition) is 5. The summed E-state index contributed by atoms with van der Waals surface area (Å²) < 4.78 is 1.49. The molecule has 0 bridgehead atoms. The van der Waals surface area contributed by atoms with Crippen LogP contribution in [0.3, 0.4) is 0 Å². The molecule has 2 aromatic rings. The lowest BCUT2D eigenvalue weighted by Crippen LogP contribution is -2.39. The lowest BCUT2D eigenvalue weighted by molar-refractivity contribution is -0.678. The first kappa shape index (κ1) is 13.6. The average Bonchev–Trinajstić information content (AvgIpc) is 2.39. The van der Waals surface area contributed by atoms with E-state index >= 15 is 0 Å². The highest BCUT2D eigenvalue weighted by atomic mass is 16.5. The van der Waals surface area contributed by atoms with Gasteiger partial charge < -0.3 is 20.4 Å². The highest BCUT2D eigenvalue weighted by Crippen LogP contribution is 2.18. The van der Waals surface area contributed by atoms with Crippen molar-refractivity contribution in [2.75, 3.05) is 0 Å². The number of hydrogen-bond donors (Lipinski definition) is 4. The van der Waals surface area contributed by atoms with Gasteiger partial charge in [-0.05, 0) is 17.1 Å². The fraction of sp³-hybridized carbons (Fsp3) is 0.231. The molecule has 19 heavy (non-hydrogen) atoms. The van der Waals surface area contributed by atoms with Gasteiger partial charge in [-0.3, -0.25) is 0 Å². The highest BCUT2D eigenvalue weighted by Gasteiger charge is 2.25. The second-order valence-corrected chi connectivity index (χ2v) is 4.10. The molecule has 0 fully saturated rings. The van der Waals surface area contributed by atoms with Gasteiger partial charge in [-0.1, -0.05) is 18.2 Å². The van der Waals surface area contributed by atoms with Crippen molar-refractivity contribution in [1.82, 2.24) is 4.98 Å². The van der Waals surface area contributed by atoms with Gasteiger partial charge in [0.1, 0.15) is 0 Å². The maximum absolute atomic E-state index is 9.33. The highest BCUT2D eigenvalue weighted by molar-refractivity contribution is 5.51. The molecule has 100 valence electrons. The Kier molecular flexibility index (Phi) is 3.87. The quantitative estimate of drug-likeness (QED) is 0.444. The van der Waals surface area contributed by atoms with Gasteiger partial charge in [-0.2, -0.15) is 0 Å². The van der Waals surface area contributed by atoms with Gasteiger partial charge in [-0.15, -0.1) is 0 Å². The van der Waals surface area contributed by atoms with Crippen molar-refractivity contribution in [1.29, 1.82) is 0 Å². The monoisotopic (exact) mass is 263 g/mol. The summed E-state index contributed by atoms with van der Waals surface area (Å²) in [6.07, 6.45) is -3.51. The van der Waals surface area contributed by atoms with Gasteiger partial charge in [0.2, 0.25) is 18.3 Å². The molecule has 0 radical (unpaired) electrons. The van der Waals surface area contributed by atoms with E-state index in [2.05, 4.69) is 4.98 Å². The summed E-state index contributed by atoms with van der Waals surface area (Å²) in [7, 11) is 1.62. The number of benzene rings is 1. The average molecular weight is 263 g/mol. The van der Waals surface area contributed by atoms with E-state index in [1.807, 2.05) is 18.2 Å². The van der Waals surface area contributed by atoms with Gasteiger partial charge in [0, 0.05) is 6.07 Å². The largest absolute Gasteiger partial charge is 0.362 e. The topological polar surface area (TPSA) is 97.7 Å². The molecule has 0 aliphatic heterocycles. The van der Waals surface area contributed by atoms with Gasteiger partial charge in [-0.25, -0.2) is 4.57 Å². The third kappa shape index (κ3) is 2.77. The van der Waals surface area contributed by atoms with Crippen LogP contribution in [0, 0.1) is 0 Å². The normalized spacial score (nSPS) is 11.3. The molecule has 1 aromatic heterocycles. The Morgan fingerprint density at radius 1 is 1.00 bits per heavy atom. The first-order valence-electron chi connectivity index (χ1n) is 5.69. The zero-order valence-electron chi connectivity index (χ0n) is 10.3. The van der Waals surface area contributed by atoms with Crippen molar-refractivity contribution in [2.45, 2.75) is 12.6 Å². The van der Waals surface area contributed by atoms with Crippen molar-refractivity contribution >= 4 is 0 Å². The lowest BCUT2D eigenvalue weighted by atomic mass is 10.2. The predicted octanol–water partition coefficient (Wildman–Crippen LogP) is -0.461. The lowest BCUT2D eigenvalue weighted by Gasteiger charge is -2.09. The molecule has 0 spiro atoms. The Labute approximate surface area is 109 Å². The minimum absolute atomic E-state index is 0.0416. The molecule has 0 atom stereocenters. The predicted molar refractivity (Wildman–Crippen MR) is 65.2 cm³/mol. The van der Waals surface area contributed by atoms with E-state index in [4.69, 9.17) is 0 Å². The summed E-state index contributed by atoms with van der Waals surface area (Å²) in [5.74, 6) is 0.411. The van der Waals surface area contributed by atoms with Gasteiger partial charge in [0.05, 0.1) is 12.6 Å². The smallest absolute Gasteiger partial charge is 0.330 e. The SMILES string of the molecule is C[n+]1c(C(O)O)cc(C(O)O)nc1-c1ccccc1. The Bertz CT molecular complexity index is 570. The molecule has 4 N–H and O–H groups in total. The second-order valence-electron chi connectivity index (χ2n) is 4.10. The van der Waals surface area contributed by atoms with Crippen LogP contribution in [-0.4, -0.2) is 25.4 Å². The minimum Gasteiger partial charge on any atom is -0.362 e. The molecule has 6 nitrogen and oxygen atoms in total. The molecule has 0 amide bonds. The van der Waals surface area contributed by atoms with E-state index in [1.165, 1.54) is 10.6 Å². The third-order valence-corrected chi connectivity index (χ3v) is 2.80. The first-order valence-corrected chi connectivity index (χ1v) is 5.69. The second kappa shape index (κ2) is 5.41. The molecule has 1 aromatic carbocycles. The van der Waals surface area contributed by atoms with Gasteiger partial charge in [0.15, 0.2) is 5.69 Å². The number of aliphatic hydroxyl groups excluding tert-OH is 2. The van der Waals surface area contributed by atoms with E-state index in [1.54, 1.807) is 19.2 Å². The maximum atomic E-state index is 9.33. The molecule has 0 saturated carbocycles. The van der Waals surface area contributed by atoms with Crippen LogP contribution in [0.25, 0.3) is 11.4 Å². The minimum atomic E-state index is -1.78. The summed E-state index contributed by atoms with van der Waals surface area (Å²) >= 11 is 0. The molecule has 2 rings (SSSR count). The Balaban J connectivity index is 2.66. The van der Waals surface area contributed by atoms with Crippen LogP contribution in [0.2, 0.25) is 0 Å². The Morgan fingerprint density at radius 2 is 1.63 bits per heavy atom. The third-order valence-electron chi connectivity index (χ3n) is 2.80. The Hall–Kier alpha value is -1.86. The van der Waals surface area contributed by atoms with E-state index in [0.29, 0.717) is 5.82 Å². The van der Waals surface area contributed by atoms with Crippen molar-refractivity contribution in [3.05, 3.63) is 47.8 Å². The molecule has 0 unspecified atom stereocenters. The van der Waals surface area contributed by atoms with E-state index in [-0.39, 0.29) is 11.4 Å². The van der Waals surface area contributed by atoms with E-state index < -0.39 is 12.6 Å². The molecular formula is C13H15N2O4+. The van der Waals surface area contributed by atoms with Crippen LogP contribution in [-0.2, 0) is 7.05 Å². The van der Waals surface area contributed by atoms with Crippen LogP contribution < -0.4 is 4.57 Å². The number of aromatic nitrogens is 2. The fourth-order valence-corrected chi connectivity index (χ4v) is 1.83. The summed E-state index contributed by atoms with van der Waals surface area (Å²) in [4.78, 5) is 4.13. The number of aliphatic hydroxyl groups is 4. The summed E-state index contributed by atoms with van der Waals surface area (Å²) in [6, 6.07) is 10.3. The van der Waals surface area contributed by atoms with Crippen molar-refractivity contribution in [2.24, 2.45) is 7.05 Å².